The van der Waals surface area contributed by atoms with Crippen LogP contribution in [0.15, 0.2) is 29.3 Å². The number of nitrogens with one attached hydrogen (secondary N) is 2. The van der Waals surface area contributed by atoms with Crippen molar-refractivity contribution in [3.05, 3.63) is 56.3 Å². The Labute approximate surface area is 218 Å². The van der Waals surface area contributed by atoms with Crippen LogP contribution in [0, 0.1) is 6.92 Å². The molecular formula is C25H23F3N4O5S. The number of aromatic nitrogens is 2. The second-order valence-corrected chi connectivity index (χ2v) is 10.8. The summed E-state index contributed by atoms with van der Waals surface area (Å²) in [6, 6.07) is 4.40. The number of carbonyl (C=O) groups is 2. The zero-order valence-corrected chi connectivity index (χ0v) is 21.2. The Balaban J connectivity index is 1.49. The Hall–Kier alpha value is -3.58. The molecule has 1 aliphatic carbocycles. The number of carbonyl (C=O) groups excluding carboxylic acids is 2. The largest absolute Gasteiger partial charge is 0.465 e. The van der Waals surface area contributed by atoms with Crippen LogP contribution in [0.4, 0.5) is 24.7 Å². The van der Waals surface area contributed by atoms with Crippen LogP contribution in [0.3, 0.4) is 0 Å². The van der Waals surface area contributed by atoms with Gasteiger partial charge in [0.1, 0.15) is 21.9 Å². The van der Waals surface area contributed by atoms with Gasteiger partial charge in [-0.1, -0.05) is 0 Å². The highest BCUT2D eigenvalue weighted by Crippen LogP contribution is 2.46. The topological polar surface area (TPSA) is 131 Å². The molecule has 2 aromatic heterocycles. The normalized spacial score (nSPS) is 23.2. The summed E-state index contributed by atoms with van der Waals surface area (Å²) in [5, 5.41) is 16.4. The molecule has 1 aliphatic heterocycles. The van der Waals surface area contributed by atoms with Crippen molar-refractivity contribution in [2.45, 2.75) is 56.3 Å². The zero-order valence-electron chi connectivity index (χ0n) is 20.4. The van der Waals surface area contributed by atoms with Crippen LogP contribution in [0.1, 0.15) is 56.8 Å². The van der Waals surface area contributed by atoms with Gasteiger partial charge in [0.2, 0.25) is 5.43 Å². The van der Waals surface area contributed by atoms with Crippen LogP contribution in [-0.4, -0.2) is 51.4 Å². The minimum Gasteiger partial charge on any atom is -0.465 e. The molecule has 1 spiro atoms. The number of aliphatic hydroxyl groups is 1. The lowest BCUT2D eigenvalue weighted by molar-refractivity contribution is -0.273. The molecule has 38 heavy (non-hydrogen) atoms. The second-order valence-electron chi connectivity index (χ2n) is 9.76. The van der Waals surface area contributed by atoms with Crippen LogP contribution < -0.4 is 16.1 Å². The number of thiophene rings is 1. The first-order valence-corrected chi connectivity index (χ1v) is 12.6. The number of nitrogens with zero attached hydrogens (tertiary/aromatic N) is 2. The van der Waals surface area contributed by atoms with Gasteiger partial charge in [-0.15, -0.1) is 11.3 Å². The summed E-state index contributed by atoms with van der Waals surface area (Å²) >= 11 is 1.11. The van der Waals surface area contributed by atoms with Gasteiger partial charge in [-0.25, -0.2) is 14.8 Å². The number of aryl methyl sites for hydroxylation is 1. The number of ether oxygens (including phenoxy) is 1. The molecule has 3 N–H and O–H groups in total. The minimum absolute atomic E-state index is 0.0786. The summed E-state index contributed by atoms with van der Waals surface area (Å²) in [6.07, 6.45) is -4.55. The second kappa shape index (κ2) is 9.02. The number of amides is 1. The lowest BCUT2D eigenvalue weighted by Crippen LogP contribution is -2.60. The van der Waals surface area contributed by atoms with E-state index in [9.17, 15) is 32.7 Å². The zero-order chi connectivity index (χ0) is 27.5. The smallest absolute Gasteiger partial charge is 0.417 e. The van der Waals surface area contributed by atoms with Crippen LogP contribution in [0.25, 0.3) is 10.2 Å². The van der Waals surface area contributed by atoms with E-state index >= 15 is 0 Å². The van der Waals surface area contributed by atoms with E-state index in [1.165, 1.54) is 25.6 Å². The van der Waals surface area contributed by atoms with Gasteiger partial charge in [0.15, 0.2) is 5.60 Å². The molecule has 9 nitrogen and oxygen atoms in total. The molecule has 1 amide bonds. The Morgan fingerprint density at radius 2 is 1.87 bits per heavy atom. The predicted molar refractivity (Wildman–Crippen MR) is 133 cm³/mol. The summed E-state index contributed by atoms with van der Waals surface area (Å²) < 4.78 is 44.7. The van der Waals surface area contributed by atoms with Gasteiger partial charge in [-0.05, 0) is 68.4 Å². The number of halogens is 3. The van der Waals surface area contributed by atoms with Crippen LogP contribution in [0.2, 0.25) is 0 Å². The number of fused-ring (bicyclic) bond motifs is 2. The third kappa shape index (κ3) is 4.39. The van der Waals surface area contributed by atoms with Crippen LogP contribution in [-0.2, 0) is 11.2 Å². The molecule has 0 bridgehead atoms. The molecule has 1 fully saturated rings. The number of esters is 1. The van der Waals surface area contributed by atoms with Crippen molar-refractivity contribution < 1.29 is 32.6 Å². The summed E-state index contributed by atoms with van der Waals surface area (Å²) in [4.78, 5) is 47.5. The molecule has 1 aromatic carbocycles. The SMILES string of the molecule is COC(=O)c1cc2c(Nc3cc(C)c4c(cc3=O)CC3(CCC(O)(C(F)(F)F)CC3)NC4=O)ncnc2s1. The van der Waals surface area contributed by atoms with E-state index in [-0.39, 0.29) is 36.3 Å². The molecule has 3 heterocycles. The predicted octanol–water partition coefficient (Wildman–Crippen LogP) is 3.78. The number of methoxy groups -OCH3 is 1. The highest BCUT2D eigenvalue weighted by molar-refractivity contribution is 7.20. The first kappa shape index (κ1) is 26.0. The molecule has 0 unspecified atom stereocenters. The molecule has 5 rings (SSSR count). The fourth-order valence-corrected chi connectivity index (χ4v) is 6.12. The van der Waals surface area contributed by atoms with Crippen molar-refractivity contribution in [2.24, 2.45) is 0 Å². The summed E-state index contributed by atoms with van der Waals surface area (Å²) in [7, 11) is 1.26. The molecule has 3 aromatic rings. The molecule has 2 aliphatic rings. The van der Waals surface area contributed by atoms with Crippen molar-refractivity contribution in [2.75, 3.05) is 12.4 Å². The van der Waals surface area contributed by atoms with Gasteiger partial charge in [0, 0.05) is 11.1 Å². The van der Waals surface area contributed by atoms with Gasteiger partial charge in [0.25, 0.3) is 5.91 Å². The molecule has 13 heteroatoms. The highest BCUT2D eigenvalue weighted by atomic mass is 32.1. The van der Waals surface area contributed by atoms with E-state index in [1.54, 1.807) is 13.0 Å². The number of hydrogen-bond acceptors (Lipinski definition) is 9. The van der Waals surface area contributed by atoms with E-state index in [1.807, 2.05) is 0 Å². The van der Waals surface area contributed by atoms with Gasteiger partial charge in [-0.3, -0.25) is 9.59 Å². The summed E-state index contributed by atoms with van der Waals surface area (Å²) in [5.41, 5.74) is -2.89. The van der Waals surface area contributed by atoms with Gasteiger partial charge in [0.05, 0.1) is 18.2 Å². The fraction of sp³-hybridized carbons (Fsp3) is 0.400. The van der Waals surface area contributed by atoms with Gasteiger partial charge < -0.3 is 20.5 Å². The third-order valence-corrected chi connectivity index (χ3v) is 8.34. The van der Waals surface area contributed by atoms with Crippen LogP contribution >= 0.6 is 11.3 Å². The average molecular weight is 549 g/mol. The van der Waals surface area contributed by atoms with Gasteiger partial charge >= 0.3 is 12.1 Å². The molecule has 0 radical (unpaired) electrons. The quantitative estimate of drug-likeness (QED) is 0.422. The Morgan fingerprint density at radius 1 is 1.16 bits per heavy atom. The molecule has 0 saturated heterocycles. The number of anilines is 2. The number of hydrogen-bond donors (Lipinski definition) is 3. The molecule has 1 saturated carbocycles. The van der Waals surface area contributed by atoms with Crippen molar-refractivity contribution in [3.63, 3.8) is 0 Å². The van der Waals surface area contributed by atoms with Crippen molar-refractivity contribution in [3.8, 4) is 0 Å². The van der Waals surface area contributed by atoms with Gasteiger partial charge in [-0.2, -0.15) is 13.2 Å². The van der Waals surface area contributed by atoms with E-state index in [0.717, 1.165) is 11.3 Å². The van der Waals surface area contributed by atoms with E-state index in [4.69, 9.17) is 4.74 Å². The summed E-state index contributed by atoms with van der Waals surface area (Å²) in [6.45, 7) is 1.67. The maximum absolute atomic E-state index is 13.3. The monoisotopic (exact) mass is 548 g/mol. The van der Waals surface area contributed by atoms with Crippen molar-refractivity contribution in [1.29, 1.82) is 0 Å². The van der Waals surface area contributed by atoms with E-state index in [2.05, 4.69) is 20.6 Å². The van der Waals surface area contributed by atoms with E-state index < -0.39 is 47.5 Å². The molecule has 0 atom stereocenters. The lowest BCUT2D eigenvalue weighted by Gasteiger charge is -2.47. The molecule has 200 valence electrons. The first-order valence-electron chi connectivity index (χ1n) is 11.7. The number of rotatable bonds is 3. The van der Waals surface area contributed by atoms with E-state index in [0.29, 0.717) is 26.2 Å². The average Bonchev–Trinajstić information content (AvgIpc) is 3.25. The summed E-state index contributed by atoms with van der Waals surface area (Å²) in [5.74, 6) is -0.733. The maximum atomic E-state index is 13.3. The first-order chi connectivity index (χ1) is 17.8. The Bertz CT molecular complexity index is 1530. The minimum atomic E-state index is -4.76. The third-order valence-electron chi connectivity index (χ3n) is 7.31. The maximum Gasteiger partial charge on any atom is 0.417 e. The lowest BCUT2D eigenvalue weighted by atomic mass is 9.69. The van der Waals surface area contributed by atoms with Crippen LogP contribution in [0.5, 0.6) is 0 Å². The Morgan fingerprint density at radius 3 is 2.53 bits per heavy atom. The fourth-order valence-electron chi connectivity index (χ4n) is 5.21. The van der Waals surface area contributed by atoms with Crippen molar-refractivity contribution in [1.82, 2.24) is 15.3 Å². The standard InChI is InChI=1S/C25H23F3N4O5S/c1-12-7-15(31-19-14-9-17(22(35)37-2)38-21(14)30-11-29-19)16(33)8-13-10-23(32-20(34)18(12)13)3-5-24(36,6-4-23)25(26,27)28/h7-9,11,36H,3-6,10H2,1-2H3,(H,32,34)(H,29,30,31,33). The Kier molecular flexibility index (Phi) is 6.18. The highest BCUT2D eigenvalue weighted by Gasteiger charge is 2.57. The number of alkyl halides is 3. The molecular weight excluding hydrogens is 525 g/mol. The van der Waals surface area contributed by atoms with Crippen molar-refractivity contribution >= 4 is 44.9 Å².